The summed E-state index contributed by atoms with van der Waals surface area (Å²) in [6.45, 7) is 0.660. The Morgan fingerprint density at radius 2 is 2.37 bits per heavy atom. The summed E-state index contributed by atoms with van der Waals surface area (Å²) < 4.78 is 23.3. The monoisotopic (exact) mass is 269 g/mol. The fourth-order valence-corrected chi connectivity index (χ4v) is 2.00. The Hall–Kier alpha value is -1.66. The van der Waals surface area contributed by atoms with E-state index < -0.39 is 23.9 Å². The van der Waals surface area contributed by atoms with Crippen LogP contribution in [0.4, 0.5) is 4.39 Å². The van der Waals surface area contributed by atoms with Gasteiger partial charge in [0.2, 0.25) is 0 Å². The highest BCUT2D eigenvalue weighted by atomic mass is 19.1. The number of aliphatic hydroxyl groups is 1. The predicted octanol–water partition coefficient (Wildman–Crippen LogP) is 0.714. The van der Waals surface area contributed by atoms with E-state index in [2.05, 4.69) is 5.32 Å². The zero-order chi connectivity index (χ0) is 13.8. The van der Waals surface area contributed by atoms with Gasteiger partial charge in [0.25, 0.3) is 5.91 Å². The number of hydrogen-bond donors (Lipinski definition) is 2. The lowest BCUT2D eigenvalue weighted by Gasteiger charge is -2.28. The van der Waals surface area contributed by atoms with Crippen molar-refractivity contribution >= 4 is 5.91 Å². The van der Waals surface area contributed by atoms with Crippen LogP contribution < -0.4 is 10.1 Å². The lowest BCUT2D eigenvalue weighted by atomic mass is 10.1. The predicted molar refractivity (Wildman–Crippen MR) is 65.6 cm³/mol. The molecule has 1 aromatic carbocycles. The van der Waals surface area contributed by atoms with E-state index in [1.54, 1.807) is 0 Å². The first-order chi connectivity index (χ1) is 9.11. The molecular weight excluding hydrogens is 253 g/mol. The Morgan fingerprint density at radius 3 is 3.05 bits per heavy atom. The SMILES string of the molecule is COc1ccc(F)cc1C(=O)N[C@@H]1CCOC[C@H]1O. The molecule has 0 unspecified atom stereocenters. The quantitative estimate of drug-likeness (QED) is 0.848. The van der Waals surface area contributed by atoms with Crippen LogP contribution in [-0.2, 0) is 4.74 Å². The van der Waals surface area contributed by atoms with Crippen molar-refractivity contribution in [2.45, 2.75) is 18.6 Å². The maximum atomic E-state index is 13.2. The van der Waals surface area contributed by atoms with Gasteiger partial charge in [-0.1, -0.05) is 0 Å². The molecule has 1 saturated heterocycles. The third kappa shape index (κ3) is 3.21. The van der Waals surface area contributed by atoms with Crippen LogP contribution in [-0.4, -0.2) is 43.5 Å². The van der Waals surface area contributed by atoms with Crippen LogP contribution in [0.15, 0.2) is 18.2 Å². The first kappa shape index (κ1) is 13.8. The largest absolute Gasteiger partial charge is 0.496 e. The fraction of sp³-hybridized carbons (Fsp3) is 0.462. The van der Waals surface area contributed by atoms with E-state index in [9.17, 15) is 14.3 Å². The molecule has 0 aliphatic carbocycles. The van der Waals surface area contributed by atoms with Crippen molar-refractivity contribution in [3.63, 3.8) is 0 Å². The number of nitrogens with one attached hydrogen (secondary N) is 1. The number of rotatable bonds is 3. The molecule has 1 aliphatic heterocycles. The number of ether oxygens (including phenoxy) is 2. The number of hydrogen-bond acceptors (Lipinski definition) is 4. The lowest BCUT2D eigenvalue weighted by Crippen LogP contribution is -2.48. The molecule has 0 aromatic heterocycles. The van der Waals surface area contributed by atoms with Crippen LogP contribution in [0.1, 0.15) is 16.8 Å². The van der Waals surface area contributed by atoms with Gasteiger partial charge >= 0.3 is 0 Å². The van der Waals surface area contributed by atoms with Gasteiger partial charge in [0.15, 0.2) is 0 Å². The van der Waals surface area contributed by atoms with Crippen molar-refractivity contribution < 1.29 is 23.8 Å². The van der Waals surface area contributed by atoms with Crippen LogP contribution in [0, 0.1) is 5.82 Å². The molecule has 0 spiro atoms. The van der Waals surface area contributed by atoms with Crippen molar-refractivity contribution in [1.29, 1.82) is 0 Å². The summed E-state index contributed by atoms with van der Waals surface area (Å²) in [4.78, 5) is 12.1. The molecule has 1 aliphatic rings. The van der Waals surface area contributed by atoms with E-state index in [-0.39, 0.29) is 12.2 Å². The highest BCUT2D eigenvalue weighted by molar-refractivity contribution is 5.97. The molecule has 1 fully saturated rings. The minimum atomic E-state index is -0.753. The zero-order valence-electron chi connectivity index (χ0n) is 10.6. The minimum absolute atomic E-state index is 0.112. The summed E-state index contributed by atoms with van der Waals surface area (Å²) >= 11 is 0. The van der Waals surface area contributed by atoms with Gasteiger partial charge in [-0.05, 0) is 24.6 Å². The molecule has 2 rings (SSSR count). The summed E-state index contributed by atoms with van der Waals surface area (Å²) in [7, 11) is 1.41. The smallest absolute Gasteiger partial charge is 0.255 e. The second-order valence-electron chi connectivity index (χ2n) is 4.36. The van der Waals surface area contributed by atoms with Crippen LogP contribution in [0.5, 0.6) is 5.75 Å². The van der Waals surface area contributed by atoms with Crippen molar-refractivity contribution in [2.75, 3.05) is 20.3 Å². The van der Waals surface area contributed by atoms with E-state index in [0.717, 1.165) is 6.07 Å². The maximum absolute atomic E-state index is 13.2. The molecular formula is C13H16FNO4. The second-order valence-corrected chi connectivity index (χ2v) is 4.36. The minimum Gasteiger partial charge on any atom is -0.496 e. The van der Waals surface area contributed by atoms with Gasteiger partial charge in [-0.25, -0.2) is 4.39 Å². The van der Waals surface area contributed by atoms with E-state index in [0.29, 0.717) is 18.8 Å². The molecule has 1 heterocycles. The Bertz CT molecular complexity index is 466. The average molecular weight is 269 g/mol. The molecule has 0 saturated carbocycles. The molecule has 2 N–H and O–H groups in total. The van der Waals surface area contributed by atoms with Crippen LogP contribution >= 0.6 is 0 Å². The summed E-state index contributed by atoms with van der Waals surface area (Å²) in [5, 5.41) is 12.4. The van der Waals surface area contributed by atoms with Gasteiger partial charge in [-0.2, -0.15) is 0 Å². The molecule has 19 heavy (non-hydrogen) atoms. The standard InChI is InChI=1S/C13H16FNO4/c1-18-12-3-2-8(14)6-9(12)13(17)15-10-4-5-19-7-11(10)16/h2-3,6,10-11,16H,4-5,7H2,1H3,(H,15,17)/t10-,11-/m1/s1. The molecule has 2 atom stereocenters. The van der Waals surface area contributed by atoms with Gasteiger partial charge in [0, 0.05) is 6.61 Å². The fourth-order valence-electron chi connectivity index (χ4n) is 2.00. The molecule has 1 aromatic rings. The van der Waals surface area contributed by atoms with Crippen LogP contribution in [0.2, 0.25) is 0 Å². The lowest BCUT2D eigenvalue weighted by molar-refractivity contribution is -0.0261. The number of amides is 1. The van der Waals surface area contributed by atoms with Crippen LogP contribution in [0.25, 0.3) is 0 Å². The molecule has 1 amide bonds. The van der Waals surface area contributed by atoms with E-state index in [1.807, 2.05) is 0 Å². The number of methoxy groups -OCH3 is 1. The topological polar surface area (TPSA) is 67.8 Å². The number of carbonyl (C=O) groups is 1. The van der Waals surface area contributed by atoms with Gasteiger partial charge in [-0.15, -0.1) is 0 Å². The Labute approximate surface area is 110 Å². The Morgan fingerprint density at radius 1 is 1.58 bits per heavy atom. The summed E-state index contributed by atoms with van der Waals surface area (Å²) in [6.07, 6.45) is -0.234. The average Bonchev–Trinajstić information content (AvgIpc) is 2.41. The highest BCUT2D eigenvalue weighted by Crippen LogP contribution is 2.20. The van der Waals surface area contributed by atoms with Gasteiger partial charge in [0.1, 0.15) is 11.6 Å². The Kier molecular flexibility index (Phi) is 4.34. The van der Waals surface area contributed by atoms with E-state index in [4.69, 9.17) is 9.47 Å². The highest BCUT2D eigenvalue weighted by Gasteiger charge is 2.26. The second kappa shape index (κ2) is 5.99. The van der Waals surface area contributed by atoms with Crippen molar-refractivity contribution in [3.05, 3.63) is 29.6 Å². The number of carbonyl (C=O) groups excluding carboxylic acids is 1. The Balaban J connectivity index is 2.13. The van der Waals surface area contributed by atoms with E-state index >= 15 is 0 Å². The summed E-state index contributed by atoms with van der Waals surface area (Å²) in [5.74, 6) is -0.693. The van der Waals surface area contributed by atoms with Crippen molar-refractivity contribution in [2.24, 2.45) is 0 Å². The third-order valence-corrected chi connectivity index (χ3v) is 3.05. The van der Waals surface area contributed by atoms with E-state index in [1.165, 1.54) is 19.2 Å². The number of halogens is 1. The van der Waals surface area contributed by atoms with Crippen LogP contribution in [0.3, 0.4) is 0 Å². The molecule has 0 bridgehead atoms. The first-order valence-electron chi connectivity index (χ1n) is 6.02. The summed E-state index contributed by atoms with van der Waals surface area (Å²) in [6, 6.07) is 3.33. The normalized spacial score (nSPS) is 22.9. The van der Waals surface area contributed by atoms with Gasteiger partial charge in [0.05, 0.1) is 31.4 Å². The van der Waals surface area contributed by atoms with Gasteiger partial charge < -0.3 is 19.9 Å². The van der Waals surface area contributed by atoms with Crippen molar-refractivity contribution in [3.8, 4) is 5.75 Å². The number of benzene rings is 1. The molecule has 0 radical (unpaired) electrons. The van der Waals surface area contributed by atoms with Gasteiger partial charge in [-0.3, -0.25) is 4.79 Å². The zero-order valence-corrected chi connectivity index (χ0v) is 10.6. The van der Waals surface area contributed by atoms with Crippen molar-refractivity contribution in [1.82, 2.24) is 5.32 Å². The summed E-state index contributed by atoms with van der Waals surface area (Å²) in [5.41, 5.74) is 0.112. The molecule has 6 heteroatoms. The molecule has 5 nitrogen and oxygen atoms in total. The number of aliphatic hydroxyl groups excluding tert-OH is 1. The maximum Gasteiger partial charge on any atom is 0.255 e. The third-order valence-electron chi connectivity index (χ3n) is 3.05. The first-order valence-corrected chi connectivity index (χ1v) is 6.02. The molecule has 104 valence electrons.